The summed E-state index contributed by atoms with van der Waals surface area (Å²) in [7, 11) is 0.440. The minimum atomic E-state index is -5.67. The van der Waals surface area contributed by atoms with Crippen molar-refractivity contribution in [2.45, 2.75) is 182 Å². The van der Waals surface area contributed by atoms with Gasteiger partial charge in [0.1, 0.15) is 73.2 Å². The van der Waals surface area contributed by atoms with Crippen molar-refractivity contribution >= 4 is 128 Å². The van der Waals surface area contributed by atoms with Crippen LogP contribution in [0.2, 0.25) is 0 Å². The molecule has 4 aromatic rings. The molecule has 4 N–H and O–H groups in total. The summed E-state index contributed by atoms with van der Waals surface area (Å²) in [4.78, 5) is 80.5. The molecule has 28 nitrogen and oxygen atoms in total. The fourth-order valence-corrected chi connectivity index (χ4v) is 10.9. The number of nitrogen functional groups attached to an aromatic ring is 2. The van der Waals surface area contributed by atoms with E-state index in [0.717, 1.165) is 70.9 Å². The van der Waals surface area contributed by atoms with Crippen LogP contribution in [0.25, 0.3) is 5.57 Å². The third-order valence-electron chi connectivity index (χ3n) is 15.0. The third kappa shape index (κ3) is 34.0. The fourth-order valence-electron chi connectivity index (χ4n) is 8.90. The van der Waals surface area contributed by atoms with Crippen molar-refractivity contribution < 1.29 is 96.9 Å². The lowest BCUT2D eigenvalue weighted by Gasteiger charge is -2.32. The van der Waals surface area contributed by atoms with Crippen LogP contribution in [0.15, 0.2) is 103 Å². The Balaban J connectivity index is 0.000000336. The molecule has 4 amide bonds. The highest BCUT2D eigenvalue weighted by Crippen LogP contribution is 2.40. The molecule has 2 saturated heterocycles. The quantitative estimate of drug-likeness (QED) is 0.0544. The fraction of sp³-hybridized carbons (Fsp3) is 0.563. The van der Waals surface area contributed by atoms with E-state index in [9.17, 15) is 45.6 Å². The summed E-state index contributed by atoms with van der Waals surface area (Å²) >= 11 is 13.1. The molecular weight excluding hydrogens is 1700 g/mol. The number of halogens is 7. The molecule has 602 valence electrons. The second-order valence-corrected chi connectivity index (χ2v) is 33.9. The maximum Gasteiger partial charge on any atom is 0.534 e. The van der Waals surface area contributed by atoms with Crippen molar-refractivity contribution in [3.05, 3.63) is 108 Å². The van der Waals surface area contributed by atoms with Crippen LogP contribution in [0.1, 0.15) is 149 Å². The largest absolute Gasteiger partial charge is 0.534 e. The SMILES string of the molecule is CC(C)(C)OC(=O)N1CC=C(B2OC(C)(C)C(C)(C)O2)CC1.CC(C)(C)OC(=O)N1CC=C(OS(=O)(=O)C(F)(F)F)CC1.CC(C)(C)OC(=O)N1CCC(=O)CC1.COc1cc(Br)ncc1Br.COc1cc(C2=CCN(C(=O)OC(C)(C)C)CC2)ncc1Br.COc1cc(N)ncc1Br.COc1ccnc(N)c1. The van der Waals surface area contributed by atoms with E-state index in [1.165, 1.54) is 4.90 Å². The molecule has 0 atom stereocenters. The first-order chi connectivity index (χ1) is 49.7. The lowest BCUT2D eigenvalue weighted by Crippen LogP contribution is -2.41. The van der Waals surface area contributed by atoms with Gasteiger partial charge >= 0.3 is 47.1 Å². The molecule has 0 saturated carbocycles. The van der Waals surface area contributed by atoms with Gasteiger partial charge in [-0.25, -0.2) is 34.1 Å². The summed E-state index contributed by atoms with van der Waals surface area (Å²) in [5.74, 6) is 3.80. The second-order valence-electron chi connectivity index (χ2n) is 29.0. The Bertz CT molecular complexity index is 3810. The number of ketones is 1. The van der Waals surface area contributed by atoms with Crippen LogP contribution in [0.4, 0.5) is 44.0 Å². The van der Waals surface area contributed by atoms with Gasteiger partial charge in [0.05, 0.1) is 58.8 Å². The highest BCUT2D eigenvalue weighted by molar-refractivity contribution is 9.11. The average molecular weight is 1800 g/mol. The van der Waals surface area contributed by atoms with Gasteiger partial charge < -0.3 is 82.5 Å². The van der Waals surface area contributed by atoms with E-state index >= 15 is 0 Å². The molecule has 108 heavy (non-hydrogen) atoms. The molecule has 37 heteroatoms. The normalized spacial score (nSPS) is 16.3. The smallest absolute Gasteiger partial charge is 0.497 e. The van der Waals surface area contributed by atoms with Crippen LogP contribution in [0.5, 0.6) is 23.0 Å². The maximum atomic E-state index is 12.2. The summed E-state index contributed by atoms with van der Waals surface area (Å²) < 4.78 is 119. The van der Waals surface area contributed by atoms with E-state index in [1.807, 2.05) is 108 Å². The predicted molar refractivity (Wildman–Crippen MR) is 418 cm³/mol. The number of aromatic nitrogens is 4. The van der Waals surface area contributed by atoms with Crippen molar-refractivity contribution in [3.63, 3.8) is 0 Å². The number of amides is 4. The summed E-state index contributed by atoms with van der Waals surface area (Å²) in [6, 6.07) is 8.77. The zero-order chi connectivity index (χ0) is 82.1. The number of nitrogens with zero attached hydrogens (tertiary/aromatic N) is 8. The molecule has 9 heterocycles. The summed E-state index contributed by atoms with van der Waals surface area (Å²) in [6.07, 6.45) is 12.6. The van der Waals surface area contributed by atoms with E-state index in [4.69, 9.17) is 58.7 Å². The van der Waals surface area contributed by atoms with Crippen molar-refractivity contribution in [1.82, 2.24) is 39.5 Å². The number of ether oxygens (including phenoxy) is 8. The van der Waals surface area contributed by atoms with Crippen LogP contribution < -0.4 is 30.4 Å². The van der Waals surface area contributed by atoms with Gasteiger partial charge in [-0.1, -0.05) is 12.2 Å². The number of rotatable bonds is 8. The first-order valence-electron chi connectivity index (χ1n) is 33.8. The van der Waals surface area contributed by atoms with E-state index in [0.29, 0.717) is 69.5 Å². The summed E-state index contributed by atoms with van der Waals surface area (Å²) in [6.45, 7) is 33.2. The molecule has 0 radical (unpaired) electrons. The van der Waals surface area contributed by atoms with E-state index in [-0.39, 0.29) is 67.7 Å². The Morgan fingerprint density at radius 3 is 1.29 bits per heavy atom. The lowest BCUT2D eigenvalue weighted by atomic mass is 9.75. The molecule has 0 aliphatic carbocycles. The standard InChI is InChI=1S/C16H28BNO4.C16H21BrN2O3.C11H16F3NO5S.C10H17NO3.C6H5Br2NO.C6H7BrN2O.C6H8N2O/c1-14(2,3)20-13(19)18-10-8-12(9-11-18)17-21-15(4,5)16(6,7)22-17;1-16(2,3)22-15(20)19-7-5-11(6-8-19)13-9-14(21-4)12(17)10-18-13;1-10(2,3)19-9(16)15-6-4-8(5-7-15)20-21(17,18)11(12,13)14;1-10(2,3)14-9(13)11-6-4-8(12)5-7-11;2*1-10-5-2-6(8)9-3-4(5)7;1-9-5-2-3-8-6(7)4-5/h8H,9-11H2,1-7H3;5,9-10H,6-8H2,1-4H3;4H,5-7H2,1-3H3;4-7H2,1-3H3;2-3H,1H3;2-3H,1H3,(H2,8,9);2-4H,1H3,(H2,7,8). The Labute approximate surface area is 665 Å². The number of likely N-dealkylation sites (tertiary alicyclic amines) is 1. The Hall–Kier alpha value is -7.19. The third-order valence-corrected chi connectivity index (χ3v) is 18.3. The molecule has 5 aliphatic heterocycles. The summed E-state index contributed by atoms with van der Waals surface area (Å²) in [5, 5.41) is 0. The highest BCUT2D eigenvalue weighted by atomic mass is 79.9. The number of pyridine rings is 4. The van der Waals surface area contributed by atoms with Crippen molar-refractivity contribution in [1.29, 1.82) is 0 Å². The van der Waals surface area contributed by atoms with Gasteiger partial charge in [0, 0.05) is 121 Å². The average Bonchev–Trinajstić information content (AvgIpc) is 1.62. The van der Waals surface area contributed by atoms with Gasteiger partial charge in [0.15, 0.2) is 0 Å². The number of methoxy groups -OCH3 is 4. The number of carbonyl (C=O) groups is 5. The van der Waals surface area contributed by atoms with E-state index in [2.05, 4.69) is 87.8 Å². The molecule has 0 bridgehead atoms. The molecular formula is C71H102BBr4F3N10O18S. The number of hydrogen-bond acceptors (Lipinski definition) is 24. The second kappa shape index (κ2) is 41.7. The van der Waals surface area contributed by atoms with Gasteiger partial charge in [-0.2, -0.15) is 21.6 Å². The van der Waals surface area contributed by atoms with Gasteiger partial charge in [0.2, 0.25) is 0 Å². The van der Waals surface area contributed by atoms with Crippen LogP contribution in [-0.4, -0.2) is 205 Å². The zero-order valence-corrected chi connectivity index (χ0v) is 72.0. The predicted octanol–water partition coefficient (Wildman–Crippen LogP) is 15.7. The Morgan fingerprint density at radius 1 is 0.519 bits per heavy atom. The van der Waals surface area contributed by atoms with E-state index < -0.39 is 44.1 Å². The molecule has 2 fully saturated rings. The van der Waals surface area contributed by atoms with Gasteiger partial charge in [-0.05, 0) is 211 Å². The van der Waals surface area contributed by atoms with E-state index in [1.54, 1.807) is 113 Å². The number of nitrogens with two attached hydrogens (primary N) is 2. The highest BCUT2D eigenvalue weighted by Gasteiger charge is 2.53. The van der Waals surface area contributed by atoms with Crippen LogP contribution in [0.3, 0.4) is 0 Å². The number of carbonyl (C=O) groups excluding carboxylic acids is 5. The van der Waals surface area contributed by atoms with Crippen LogP contribution >= 0.6 is 63.7 Å². The maximum absolute atomic E-state index is 12.2. The first-order valence-corrected chi connectivity index (χ1v) is 38.4. The monoisotopic (exact) mass is 1800 g/mol. The summed E-state index contributed by atoms with van der Waals surface area (Å²) in [5.41, 5.74) is 5.60. The van der Waals surface area contributed by atoms with Gasteiger partial charge in [-0.15, -0.1) is 0 Å². The van der Waals surface area contributed by atoms with Gasteiger partial charge in [0.25, 0.3) is 0 Å². The van der Waals surface area contributed by atoms with Crippen molar-refractivity contribution in [2.75, 3.05) is 92.3 Å². The Kier molecular flexibility index (Phi) is 36.7. The number of alkyl halides is 3. The number of piperidine rings is 1. The molecule has 0 unspecified atom stereocenters. The number of Topliss-reactive ketones (excluding diaryl/α,β-unsaturated/α-hetero) is 1. The lowest BCUT2D eigenvalue weighted by molar-refractivity contribution is -0.121. The topological polar surface area (TPSA) is 338 Å². The minimum absolute atomic E-state index is 0.00806. The molecule has 0 spiro atoms. The number of anilines is 2. The van der Waals surface area contributed by atoms with Crippen molar-refractivity contribution in [2.24, 2.45) is 0 Å². The molecule has 9 rings (SSSR count). The molecule has 0 aromatic carbocycles. The number of hydrogen-bond donors (Lipinski definition) is 2. The first kappa shape index (κ1) is 95.0. The van der Waals surface area contributed by atoms with Crippen molar-refractivity contribution in [3.8, 4) is 23.0 Å². The van der Waals surface area contributed by atoms with Gasteiger partial charge in [-0.3, -0.25) is 9.78 Å². The molecule has 5 aliphatic rings. The Morgan fingerprint density at radius 2 is 0.917 bits per heavy atom. The van der Waals surface area contributed by atoms with Crippen LogP contribution in [-0.2, 0) is 47.4 Å². The zero-order valence-electron chi connectivity index (χ0n) is 64.8. The van der Waals surface area contributed by atoms with Crippen LogP contribution in [0, 0.1) is 0 Å². The minimum Gasteiger partial charge on any atom is -0.497 e. The molecule has 4 aromatic heterocycles.